The molecule has 2 saturated heterocycles. The van der Waals surface area contributed by atoms with Crippen LogP contribution in [0.1, 0.15) is 78.6 Å². The molecule has 0 spiro atoms. The summed E-state index contributed by atoms with van der Waals surface area (Å²) in [4.78, 5) is 22.6. The van der Waals surface area contributed by atoms with Crippen molar-refractivity contribution >= 4 is 28.9 Å². The van der Waals surface area contributed by atoms with Crippen molar-refractivity contribution in [1.29, 1.82) is 5.26 Å². The normalized spacial score (nSPS) is 16.9. The summed E-state index contributed by atoms with van der Waals surface area (Å²) in [6.07, 6.45) is 15.3. The number of piperidine rings is 2. The first kappa shape index (κ1) is 41.0. The average Bonchev–Trinajstić information content (AvgIpc) is 4.15. The smallest absolute Gasteiger partial charge is 0.335 e. The summed E-state index contributed by atoms with van der Waals surface area (Å²) >= 11 is 0. The number of carbonyl (C=O) groups is 1. The third kappa shape index (κ3) is 8.58. The number of nitrogens with two attached hydrogens (primary N) is 2. The minimum Gasteiger partial charge on any atom is -0.464 e. The van der Waals surface area contributed by atoms with Crippen molar-refractivity contribution in [2.75, 3.05) is 44.3 Å². The maximum Gasteiger partial charge on any atom is 0.335 e. The van der Waals surface area contributed by atoms with Crippen LogP contribution in [0, 0.1) is 11.3 Å². The van der Waals surface area contributed by atoms with Crippen molar-refractivity contribution in [2.45, 2.75) is 57.0 Å². The molecule has 10 rings (SSSR count). The van der Waals surface area contributed by atoms with Crippen LogP contribution in [0.15, 0.2) is 104 Å². The molecule has 8 heterocycles. The van der Waals surface area contributed by atoms with Crippen LogP contribution in [0.5, 0.6) is 0 Å². The van der Waals surface area contributed by atoms with Crippen LogP contribution < -0.4 is 22.1 Å². The number of esters is 1. The predicted molar refractivity (Wildman–Crippen MR) is 238 cm³/mol. The number of ether oxygens (including phenoxy) is 1. The highest BCUT2D eigenvalue weighted by atomic mass is 16.5. The van der Waals surface area contributed by atoms with Crippen molar-refractivity contribution in [3.05, 3.63) is 132 Å². The fourth-order valence-corrected chi connectivity index (χ4v) is 8.45. The Bertz CT molecular complexity index is 2890. The predicted octanol–water partition coefficient (Wildman–Crippen LogP) is 5.36. The molecule has 17 heteroatoms. The highest BCUT2D eigenvalue weighted by Gasteiger charge is 2.27. The number of carbonyl (C=O) groups excluding carboxylic acids is 1. The SMILES string of the molecule is CCOC(=O)C(c1ccccc1)n1cc(-c2cnn3c(N)cc(C4CCCNC4)nc23)cn1.N#Cc1ccccc1Cn1cc(-c2cnn3c(N)cc(C4CCCNC4)nc23)cn1. The van der Waals surface area contributed by atoms with Crippen molar-refractivity contribution in [3.63, 3.8) is 0 Å². The zero-order valence-corrected chi connectivity index (χ0v) is 35.0. The molecule has 2 aromatic carbocycles. The van der Waals surface area contributed by atoms with E-state index < -0.39 is 6.04 Å². The van der Waals surface area contributed by atoms with Gasteiger partial charge in [-0.2, -0.15) is 34.7 Å². The van der Waals surface area contributed by atoms with Crippen LogP contribution in [-0.2, 0) is 16.1 Å². The molecule has 6 N–H and O–H groups in total. The van der Waals surface area contributed by atoms with Gasteiger partial charge >= 0.3 is 5.97 Å². The van der Waals surface area contributed by atoms with Crippen LogP contribution in [-0.4, -0.2) is 87.5 Å². The number of nitrogens with one attached hydrogen (secondary N) is 2. The lowest BCUT2D eigenvalue weighted by Gasteiger charge is -2.22. The van der Waals surface area contributed by atoms with E-state index in [1.54, 1.807) is 45.4 Å². The molecular formula is C46H49N15O2. The summed E-state index contributed by atoms with van der Waals surface area (Å²) < 4.78 is 12.1. The second kappa shape index (κ2) is 18.3. The van der Waals surface area contributed by atoms with Crippen molar-refractivity contribution in [3.8, 4) is 28.3 Å². The summed E-state index contributed by atoms with van der Waals surface area (Å²) in [5, 5.41) is 34.1. The fraction of sp³-hybridized carbons (Fsp3) is 0.304. The van der Waals surface area contributed by atoms with Crippen LogP contribution in [0.25, 0.3) is 33.5 Å². The first-order valence-corrected chi connectivity index (χ1v) is 21.3. The van der Waals surface area contributed by atoms with Gasteiger partial charge in [0.2, 0.25) is 0 Å². The van der Waals surface area contributed by atoms with E-state index in [0.29, 0.717) is 47.8 Å². The molecule has 2 aliphatic rings. The molecule has 63 heavy (non-hydrogen) atoms. The number of benzene rings is 2. The van der Waals surface area contributed by atoms with Crippen LogP contribution in [0.2, 0.25) is 0 Å². The summed E-state index contributed by atoms with van der Waals surface area (Å²) in [5.41, 5.74) is 21.8. The Kier molecular flexibility index (Phi) is 11.9. The van der Waals surface area contributed by atoms with Gasteiger partial charge < -0.3 is 26.8 Å². The second-order valence-electron chi connectivity index (χ2n) is 15.9. The molecule has 0 bridgehead atoms. The lowest BCUT2D eigenvalue weighted by molar-refractivity contribution is -0.146. The van der Waals surface area contributed by atoms with Gasteiger partial charge in [0.1, 0.15) is 11.6 Å². The third-order valence-electron chi connectivity index (χ3n) is 11.7. The lowest BCUT2D eigenvalue weighted by atomic mass is 9.96. The van der Waals surface area contributed by atoms with E-state index in [0.717, 1.165) is 102 Å². The van der Waals surface area contributed by atoms with E-state index >= 15 is 0 Å². The summed E-state index contributed by atoms with van der Waals surface area (Å²) in [7, 11) is 0. The number of aromatic nitrogens is 10. The summed E-state index contributed by atoms with van der Waals surface area (Å²) in [6, 6.07) is 22.5. The van der Waals surface area contributed by atoms with Gasteiger partial charge in [-0.15, -0.1) is 0 Å². The number of hydrogen-bond donors (Lipinski definition) is 4. The molecule has 2 aliphatic heterocycles. The zero-order chi connectivity index (χ0) is 43.3. The van der Waals surface area contributed by atoms with Gasteiger partial charge in [0.05, 0.1) is 61.0 Å². The monoisotopic (exact) mass is 843 g/mol. The van der Waals surface area contributed by atoms with Gasteiger partial charge in [0.15, 0.2) is 17.3 Å². The lowest BCUT2D eigenvalue weighted by Crippen LogP contribution is -2.29. The van der Waals surface area contributed by atoms with Crippen LogP contribution in [0.4, 0.5) is 11.6 Å². The van der Waals surface area contributed by atoms with Gasteiger partial charge in [-0.25, -0.2) is 14.8 Å². The molecule has 0 saturated carbocycles. The van der Waals surface area contributed by atoms with Gasteiger partial charge in [0.25, 0.3) is 0 Å². The van der Waals surface area contributed by atoms with Gasteiger partial charge in [0, 0.05) is 71.7 Å². The topological polar surface area (TPSA) is 222 Å². The standard InChI is InChI=1S/C24H27N7O2.C22H22N8/c1-2-33-24(32)22(16-7-4-3-5-8-16)30-15-18(13-27-30)19-14-28-31-21(25)11-20(29-23(19)31)17-9-6-10-26-12-17;23-9-15-4-1-2-5-17(15)13-29-14-18(11-26-29)19-12-27-30-21(24)8-20(28-22(19)30)16-6-3-7-25-10-16/h3-5,7-8,11,13-15,17,22,26H,2,6,9-10,12,25H2,1H3;1-2,4-5,8,11-12,14,16,25H,3,6-7,10,13,24H2. The number of rotatable bonds is 10. The number of anilines is 2. The minimum atomic E-state index is -0.677. The Morgan fingerprint density at radius 2 is 1.38 bits per heavy atom. The molecule has 0 amide bonds. The maximum absolute atomic E-state index is 12.8. The number of fused-ring (bicyclic) bond motifs is 2. The van der Waals surface area contributed by atoms with Gasteiger partial charge in [-0.1, -0.05) is 48.5 Å². The molecule has 6 aromatic heterocycles. The summed E-state index contributed by atoms with van der Waals surface area (Å²) in [6.45, 7) is 6.52. The molecule has 17 nitrogen and oxygen atoms in total. The highest BCUT2D eigenvalue weighted by Crippen LogP contribution is 2.32. The first-order chi connectivity index (χ1) is 30.9. The average molecular weight is 844 g/mol. The highest BCUT2D eigenvalue weighted by molar-refractivity contribution is 5.80. The zero-order valence-electron chi connectivity index (χ0n) is 35.0. The Hall–Kier alpha value is -7.42. The molecule has 3 atom stereocenters. The molecule has 320 valence electrons. The van der Waals surface area contributed by atoms with Crippen molar-refractivity contribution in [1.82, 2.24) is 59.4 Å². The Morgan fingerprint density at radius 3 is 1.97 bits per heavy atom. The second-order valence-corrected chi connectivity index (χ2v) is 15.9. The number of nitrogen functional groups attached to an aromatic ring is 2. The van der Waals surface area contributed by atoms with Crippen LogP contribution in [0.3, 0.4) is 0 Å². The minimum absolute atomic E-state index is 0.298. The molecular weight excluding hydrogens is 795 g/mol. The van der Waals surface area contributed by atoms with E-state index in [1.807, 2.05) is 83.8 Å². The van der Waals surface area contributed by atoms with Crippen molar-refractivity contribution < 1.29 is 9.53 Å². The molecule has 8 aromatic rings. The quantitative estimate of drug-likeness (QED) is 0.128. The Balaban J connectivity index is 0.000000161. The Morgan fingerprint density at radius 1 is 0.794 bits per heavy atom. The molecule has 0 radical (unpaired) electrons. The van der Waals surface area contributed by atoms with E-state index in [-0.39, 0.29) is 5.97 Å². The molecule has 0 aliphatic carbocycles. The Labute approximate surface area is 363 Å². The first-order valence-electron chi connectivity index (χ1n) is 21.3. The van der Waals surface area contributed by atoms with Crippen LogP contribution >= 0.6 is 0 Å². The van der Waals surface area contributed by atoms with E-state index in [4.69, 9.17) is 26.2 Å². The van der Waals surface area contributed by atoms with E-state index in [1.165, 1.54) is 0 Å². The van der Waals surface area contributed by atoms with E-state index in [2.05, 4.69) is 37.1 Å². The summed E-state index contributed by atoms with van der Waals surface area (Å²) in [5.74, 6) is 1.46. The third-order valence-corrected chi connectivity index (χ3v) is 11.7. The molecule has 2 fully saturated rings. The van der Waals surface area contributed by atoms with E-state index in [9.17, 15) is 10.1 Å². The fourth-order valence-electron chi connectivity index (χ4n) is 8.45. The molecule has 3 unspecified atom stereocenters. The number of nitriles is 1. The van der Waals surface area contributed by atoms with Gasteiger partial charge in [-0.05, 0) is 62.9 Å². The maximum atomic E-state index is 12.8. The number of nitrogens with zero attached hydrogens (tertiary/aromatic N) is 11. The number of hydrogen-bond acceptors (Lipinski definition) is 13. The van der Waals surface area contributed by atoms with Gasteiger partial charge in [-0.3, -0.25) is 9.36 Å². The van der Waals surface area contributed by atoms with Crippen molar-refractivity contribution in [2.24, 2.45) is 0 Å². The largest absolute Gasteiger partial charge is 0.464 e.